The summed E-state index contributed by atoms with van der Waals surface area (Å²) in [5, 5.41) is 1.67. The minimum atomic E-state index is -4.68. The fraction of sp³-hybridized carbons (Fsp3) is 0.750. The summed E-state index contributed by atoms with van der Waals surface area (Å²) in [6.07, 6.45) is -4.68. The van der Waals surface area contributed by atoms with Crippen molar-refractivity contribution in [1.82, 2.24) is 5.32 Å². The number of rotatable bonds is 3. The minimum Gasteiger partial charge on any atom is -0.469 e. The van der Waals surface area contributed by atoms with Gasteiger partial charge in [0.25, 0.3) is 0 Å². The molecular formula is C8H12F3NO3. The molecule has 0 spiro atoms. The van der Waals surface area contributed by atoms with Gasteiger partial charge in [0.15, 0.2) is 0 Å². The van der Waals surface area contributed by atoms with Gasteiger partial charge in [-0.3, -0.25) is 9.59 Å². The molecule has 0 aromatic carbocycles. The van der Waals surface area contributed by atoms with Gasteiger partial charge in [0.05, 0.1) is 13.0 Å². The van der Waals surface area contributed by atoms with Gasteiger partial charge < -0.3 is 10.1 Å². The SMILES string of the molecule is COC(=O)[C@H](C)[C@H](NC(C)=O)C(F)(F)F. The molecule has 0 aliphatic rings. The first-order valence-electron chi connectivity index (χ1n) is 4.11. The number of hydrogen-bond acceptors (Lipinski definition) is 3. The Bertz CT molecular complexity index is 252. The fourth-order valence-corrected chi connectivity index (χ4v) is 1.03. The quantitative estimate of drug-likeness (QED) is 0.727. The monoisotopic (exact) mass is 227 g/mol. The molecule has 4 nitrogen and oxygen atoms in total. The van der Waals surface area contributed by atoms with E-state index in [1.807, 2.05) is 0 Å². The second kappa shape index (κ2) is 4.99. The molecule has 0 aromatic heterocycles. The van der Waals surface area contributed by atoms with Gasteiger partial charge in [-0.25, -0.2) is 0 Å². The molecule has 0 saturated heterocycles. The van der Waals surface area contributed by atoms with E-state index in [4.69, 9.17) is 0 Å². The molecule has 0 heterocycles. The number of hydrogen-bond donors (Lipinski definition) is 1. The maximum Gasteiger partial charge on any atom is 0.409 e. The van der Waals surface area contributed by atoms with Crippen molar-refractivity contribution in [3.05, 3.63) is 0 Å². The van der Waals surface area contributed by atoms with Crippen LogP contribution in [0.5, 0.6) is 0 Å². The molecule has 0 saturated carbocycles. The highest BCUT2D eigenvalue weighted by atomic mass is 19.4. The summed E-state index contributed by atoms with van der Waals surface area (Å²) in [6.45, 7) is 1.99. The molecule has 0 aromatic rings. The summed E-state index contributed by atoms with van der Waals surface area (Å²) < 4.78 is 41.4. The van der Waals surface area contributed by atoms with Crippen LogP contribution in [0.1, 0.15) is 13.8 Å². The van der Waals surface area contributed by atoms with E-state index in [0.29, 0.717) is 0 Å². The van der Waals surface area contributed by atoms with Gasteiger partial charge in [-0.2, -0.15) is 13.2 Å². The molecule has 0 fully saturated rings. The second-order valence-corrected chi connectivity index (χ2v) is 3.03. The lowest BCUT2D eigenvalue weighted by molar-refractivity contribution is -0.181. The second-order valence-electron chi connectivity index (χ2n) is 3.03. The number of esters is 1. The highest BCUT2D eigenvalue weighted by Crippen LogP contribution is 2.26. The molecule has 0 radical (unpaired) electrons. The van der Waals surface area contributed by atoms with Gasteiger partial charge in [0.1, 0.15) is 6.04 Å². The summed E-state index contributed by atoms with van der Waals surface area (Å²) >= 11 is 0. The van der Waals surface area contributed by atoms with Crippen LogP contribution in [0.15, 0.2) is 0 Å². The van der Waals surface area contributed by atoms with Crippen LogP contribution >= 0.6 is 0 Å². The van der Waals surface area contributed by atoms with E-state index in [-0.39, 0.29) is 0 Å². The Morgan fingerprint density at radius 1 is 1.33 bits per heavy atom. The number of amides is 1. The highest BCUT2D eigenvalue weighted by Gasteiger charge is 2.46. The smallest absolute Gasteiger partial charge is 0.409 e. The average molecular weight is 227 g/mol. The fourth-order valence-electron chi connectivity index (χ4n) is 1.03. The zero-order valence-corrected chi connectivity index (χ0v) is 8.51. The van der Waals surface area contributed by atoms with Crippen LogP contribution in [0.25, 0.3) is 0 Å². The summed E-state index contributed by atoms with van der Waals surface area (Å²) in [7, 11) is 0.986. The Morgan fingerprint density at radius 2 is 1.80 bits per heavy atom. The standard InChI is InChI=1S/C8H12F3NO3/c1-4(7(14)15-3)6(8(9,10)11)12-5(2)13/h4,6H,1-3H3,(H,12,13)/t4-,6+/m1/s1. The summed E-state index contributed by atoms with van der Waals surface area (Å²) in [5.74, 6) is -3.35. The Morgan fingerprint density at radius 3 is 2.07 bits per heavy atom. The van der Waals surface area contributed by atoms with Gasteiger partial charge in [-0.1, -0.05) is 0 Å². The largest absolute Gasteiger partial charge is 0.469 e. The summed E-state index contributed by atoms with van der Waals surface area (Å²) in [6, 6.07) is -2.22. The molecule has 1 amide bonds. The van der Waals surface area contributed by atoms with Crippen molar-refractivity contribution in [2.75, 3.05) is 7.11 Å². The Balaban J connectivity index is 4.78. The third kappa shape index (κ3) is 4.18. The zero-order chi connectivity index (χ0) is 12.2. The molecule has 2 atom stereocenters. The maximum absolute atomic E-state index is 12.4. The van der Waals surface area contributed by atoms with Crippen LogP contribution in [0, 0.1) is 5.92 Å². The van der Waals surface area contributed by atoms with Crippen LogP contribution in [0.3, 0.4) is 0 Å². The lowest BCUT2D eigenvalue weighted by atomic mass is 10.0. The Labute approximate surface area is 84.8 Å². The molecule has 15 heavy (non-hydrogen) atoms. The molecule has 88 valence electrons. The van der Waals surface area contributed by atoms with Crippen LogP contribution in [-0.2, 0) is 14.3 Å². The molecule has 0 aliphatic carbocycles. The van der Waals surface area contributed by atoms with E-state index in [1.54, 1.807) is 5.32 Å². The van der Waals surface area contributed by atoms with Crippen molar-refractivity contribution in [3.63, 3.8) is 0 Å². The zero-order valence-electron chi connectivity index (χ0n) is 8.51. The topological polar surface area (TPSA) is 55.4 Å². The van der Waals surface area contributed by atoms with Crippen LogP contribution in [-0.4, -0.2) is 31.2 Å². The number of nitrogens with one attached hydrogen (secondary N) is 1. The molecule has 0 aliphatic heterocycles. The third-order valence-corrected chi connectivity index (χ3v) is 1.78. The molecule has 1 N–H and O–H groups in total. The van der Waals surface area contributed by atoms with E-state index < -0.39 is 30.0 Å². The number of ether oxygens (including phenoxy) is 1. The first-order valence-corrected chi connectivity index (χ1v) is 4.11. The maximum atomic E-state index is 12.4. The van der Waals surface area contributed by atoms with E-state index in [9.17, 15) is 22.8 Å². The predicted molar refractivity (Wildman–Crippen MR) is 44.8 cm³/mol. The molecule has 7 heteroatoms. The number of alkyl halides is 3. The van der Waals surface area contributed by atoms with Gasteiger partial charge in [-0.05, 0) is 6.92 Å². The van der Waals surface area contributed by atoms with E-state index in [1.165, 1.54) is 0 Å². The van der Waals surface area contributed by atoms with E-state index in [2.05, 4.69) is 4.74 Å². The van der Waals surface area contributed by atoms with Crippen molar-refractivity contribution in [1.29, 1.82) is 0 Å². The third-order valence-electron chi connectivity index (χ3n) is 1.78. The lowest BCUT2D eigenvalue weighted by Gasteiger charge is -2.24. The number of methoxy groups -OCH3 is 1. The first kappa shape index (κ1) is 13.7. The van der Waals surface area contributed by atoms with Crippen molar-refractivity contribution in [2.24, 2.45) is 5.92 Å². The van der Waals surface area contributed by atoms with Gasteiger partial charge in [0, 0.05) is 6.92 Å². The van der Waals surface area contributed by atoms with E-state index >= 15 is 0 Å². The lowest BCUT2D eigenvalue weighted by Crippen LogP contribution is -2.51. The number of carbonyl (C=O) groups is 2. The van der Waals surface area contributed by atoms with Crippen LogP contribution in [0.2, 0.25) is 0 Å². The van der Waals surface area contributed by atoms with Crippen LogP contribution in [0.4, 0.5) is 13.2 Å². The molecular weight excluding hydrogens is 215 g/mol. The first-order chi connectivity index (χ1) is 6.70. The Kier molecular flexibility index (Phi) is 4.57. The molecule has 0 rings (SSSR count). The minimum absolute atomic E-state index is 0.854. The van der Waals surface area contributed by atoms with Gasteiger partial charge in [0.2, 0.25) is 5.91 Å². The van der Waals surface area contributed by atoms with Crippen molar-refractivity contribution in [3.8, 4) is 0 Å². The Hall–Kier alpha value is -1.27. The van der Waals surface area contributed by atoms with Crippen molar-refractivity contribution < 1.29 is 27.5 Å². The van der Waals surface area contributed by atoms with Crippen LogP contribution < -0.4 is 5.32 Å². The van der Waals surface area contributed by atoms with Crippen molar-refractivity contribution in [2.45, 2.75) is 26.1 Å². The summed E-state index contributed by atoms with van der Waals surface area (Å²) in [5.41, 5.74) is 0. The summed E-state index contributed by atoms with van der Waals surface area (Å²) in [4.78, 5) is 21.5. The molecule has 0 bridgehead atoms. The van der Waals surface area contributed by atoms with Gasteiger partial charge >= 0.3 is 12.1 Å². The molecule has 0 unspecified atom stereocenters. The predicted octanol–water partition coefficient (Wildman–Crippen LogP) is 0.862. The number of carbonyl (C=O) groups excluding carboxylic acids is 2. The van der Waals surface area contributed by atoms with Gasteiger partial charge in [-0.15, -0.1) is 0 Å². The number of halogens is 3. The normalized spacial score (nSPS) is 15.3. The highest BCUT2D eigenvalue weighted by molar-refractivity contribution is 5.77. The average Bonchev–Trinajstić information content (AvgIpc) is 2.09. The van der Waals surface area contributed by atoms with E-state index in [0.717, 1.165) is 21.0 Å². The van der Waals surface area contributed by atoms with Crippen molar-refractivity contribution >= 4 is 11.9 Å².